The molecule has 1 rings (SSSR count). The molecule has 1 unspecified atom stereocenters. The Kier molecular flexibility index (Phi) is 4.59. The fraction of sp³-hybridized carbons (Fsp3) is 0.615. The minimum absolute atomic E-state index is 0.432. The molecule has 0 radical (unpaired) electrons. The van der Waals surface area contributed by atoms with Crippen molar-refractivity contribution in [2.45, 2.75) is 52.5 Å². The van der Waals surface area contributed by atoms with Crippen molar-refractivity contribution in [1.29, 1.82) is 0 Å². The van der Waals surface area contributed by atoms with E-state index in [9.17, 15) is 0 Å². The number of nitrogens with two attached hydrogens (primary N) is 1. The van der Waals surface area contributed by atoms with Crippen LogP contribution >= 0.6 is 0 Å². The zero-order valence-electron chi connectivity index (χ0n) is 10.7. The van der Waals surface area contributed by atoms with Gasteiger partial charge in [-0.25, -0.2) is 4.98 Å². The highest BCUT2D eigenvalue weighted by atomic mass is 15.1. The second-order valence-corrected chi connectivity index (χ2v) is 4.26. The zero-order valence-corrected chi connectivity index (χ0v) is 10.7. The van der Waals surface area contributed by atoms with Gasteiger partial charge in [0, 0.05) is 18.9 Å². The SMILES string of the molecule is C=CCn1c(CCC)nc(C(C)CC)c1N. The monoisotopic (exact) mass is 221 g/mol. The summed E-state index contributed by atoms with van der Waals surface area (Å²) in [5.41, 5.74) is 7.20. The van der Waals surface area contributed by atoms with Crippen molar-refractivity contribution in [1.82, 2.24) is 9.55 Å². The average Bonchev–Trinajstić information content (AvgIpc) is 2.58. The Labute approximate surface area is 98.4 Å². The fourth-order valence-corrected chi connectivity index (χ4v) is 1.84. The quantitative estimate of drug-likeness (QED) is 0.750. The lowest BCUT2D eigenvalue weighted by Crippen LogP contribution is -2.06. The van der Waals surface area contributed by atoms with E-state index in [4.69, 9.17) is 5.73 Å². The van der Waals surface area contributed by atoms with Gasteiger partial charge < -0.3 is 10.3 Å². The topological polar surface area (TPSA) is 43.8 Å². The molecule has 0 aliphatic heterocycles. The van der Waals surface area contributed by atoms with Gasteiger partial charge in [0.1, 0.15) is 11.6 Å². The summed E-state index contributed by atoms with van der Waals surface area (Å²) in [6.07, 6.45) is 5.01. The molecule has 90 valence electrons. The van der Waals surface area contributed by atoms with E-state index in [1.165, 1.54) is 0 Å². The number of allylic oxidation sites excluding steroid dienone is 1. The van der Waals surface area contributed by atoms with Crippen LogP contribution in [0.2, 0.25) is 0 Å². The molecule has 0 amide bonds. The van der Waals surface area contributed by atoms with Crippen LogP contribution in [0.4, 0.5) is 5.82 Å². The molecule has 0 aromatic carbocycles. The number of nitrogen functional groups attached to an aromatic ring is 1. The molecular formula is C13H23N3. The van der Waals surface area contributed by atoms with E-state index in [0.717, 1.165) is 43.1 Å². The third kappa shape index (κ3) is 2.46. The Morgan fingerprint density at radius 1 is 1.50 bits per heavy atom. The van der Waals surface area contributed by atoms with E-state index >= 15 is 0 Å². The summed E-state index contributed by atoms with van der Waals surface area (Å²) >= 11 is 0. The van der Waals surface area contributed by atoms with Crippen LogP contribution in [0.25, 0.3) is 0 Å². The molecule has 0 saturated carbocycles. The lowest BCUT2D eigenvalue weighted by atomic mass is 10.1. The minimum atomic E-state index is 0.432. The Bertz CT molecular complexity index is 352. The Morgan fingerprint density at radius 3 is 2.69 bits per heavy atom. The van der Waals surface area contributed by atoms with Gasteiger partial charge in [0.05, 0.1) is 5.69 Å². The molecule has 1 atom stereocenters. The highest BCUT2D eigenvalue weighted by molar-refractivity contribution is 5.40. The van der Waals surface area contributed by atoms with Crippen LogP contribution < -0.4 is 5.73 Å². The maximum Gasteiger partial charge on any atom is 0.127 e. The molecule has 1 heterocycles. The molecule has 0 saturated heterocycles. The summed E-state index contributed by atoms with van der Waals surface area (Å²) in [4.78, 5) is 4.68. The first-order valence-corrected chi connectivity index (χ1v) is 6.11. The molecule has 2 N–H and O–H groups in total. The van der Waals surface area contributed by atoms with Crippen molar-refractivity contribution in [2.75, 3.05) is 5.73 Å². The maximum atomic E-state index is 6.15. The standard InChI is InChI=1S/C13H23N3/c1-5-8-11-15-12(10(4)7-3)13(14)16(11)9-6-2/h6,10H,2,5,7-9,14H2,1,3-4H3. The van der Waals surface area contributed by atoms with Crippen LogP contribution in [0.1, 0.15) is 51.0 Å². The van der Waals surface area contributed by atoms with Crippen LogP contribution in [0, 0.1) is 0 Å². The van der Waals surface area contributed by atoms with Crippen molar-refractivity contribution in [3.8, 4) is 0 Å². The van der Waals surface area contributed by atoms with Crippen molar-refractivity contribution in [3.63, 3.8) is 0 Å². The molecule has 3 nitrogen and oxygen atoms in total. The van der Waals surface area contributed by atoms with Gasteiger partial charge in [-0.1, -0.05) is 26.8 Å². The Morgan fingerprint density at radius 2 is 2.19 bits per heavy atom. The van der Waals surface area contributed by atoms with E-state index in [1.807, 2.05) is 6.08 Å². The third-order valence-electron chi connectivity index (χ3n) is 2.98. The molecule has 0 spiro atoms. The van der Waals surface area contributed by atoms with Gasteiger partial charge in [-0.2, -0.15) is 0 Å². The molecule has 1 aromatic heterocycles. The Balaban J connectivity index is 3.12. The summed E-state index contributed by atoms with van der Waals surface area (Å²) in [7, 11) is 0. The largest absolute Gasteiger partial charge is 0.384 e. The highest BCUT2D eigenvalue weighted by Crippen LogP contribution is 2.25. The number of hydrogen-bond acceptors (Lipinski definition) is 2. The van der Waals surface area contributed by atoms with Crippen molar-refractivity contribution in [3.05, 3.63) is 24.2 Å². The lowest BCUT2D eigenvalue weighted by molar-refractivity contribution is 0.707. The molecule has 1 aromatic rings. The second-order valence-electron chi connectivity index (χ2n) is 4.26. The molecule has 0 fully saturated rings. The summed E-state index contributed by atoms with van der Waals surface area (Å²) < 4.78 is 2.08. The molecule has 16 heavy (non-hydrogen) atoms. The van der Waals surface area contributed by atoms with Gasteiger partial charge in [0.25, 0.3) is 0 Å². The van der Waals surface area contributed by atoms with Crippen LogP contribution in [-0.4, -0.2) is 9.55 Å². The van der Waals surface area contributed by atoms with Crippen LogP contribution in [0.5, 0.6) is 0 Å². The lowest BCUT2D eigenvalue weighted by Gasteiger charge is -2.08. The molecule has 0 aliphatic rings. The molecular weight excluding hydrogens is 198 g/mol. The van der Waals surface area contributed by atoms with E-state index in [-0.39, 0.29) is 0 Å². The van der Waals surface area contributed by atoms with Crippen molar-refractivity contribution < 1.29 is 0 Å². The molecule has 0 bridgehead atoms. The van der Waals surface area contributed by atoms with Gasteiger partial charge >= 0.3 is 0 Å². The Hall–Kier alpha value is -1.25. The number of nitrogens with zero attached hydrogens (tertiary/aromatic N) is 2. The van der Waals surface area contributed by atoms with E-state index in [0.29, 0.717) is 5.92 Å². The van der Waals surface area contributed by atoms with Gasteiger partial charge in [-0.3, -0.25) is 0 Å². The summed E-state index contributed by atoms with van der Waals surface area (Å²) in [5.74, 6) is 2.34. The number of imidazole rings is 1. The summed E-state index contributed by atoms with van der Waals surface area (Å²) in [6, 6.07) is 0. The first-order valence-electron chi connectivity index (χ1n) is 6.11. The normalized spacial score (nSPS) is 12.7. The van der Waals surface area contributed by atoms with E-state index in [1.54, 1.807) is 0 Å². The van der Waals surface area contributed by atoms with Crippen molar-refractivity contribution in [2.24, 2.45) is 0 Å². The van der Waals surface area contributed by atoms with Crippen LogP contribution in [-0.2, 0) is 13.0 Å². The molecule has 3 heteroatoms. The first kappa shape index (κ1) is 12.8. The smallest absolute Gasteiger partial charge is 0.127 e. The highest BCUT2D eigenvalue weighted by Gasteiger charge is 2.17. The van der Waals surface area contributed by atoms with E-state index < -0.39 is 0 Å². The molecule has 0 aliphatic carbocycles. The zero-order chi connectivity index (χ0) is 12.1. The maximum absolute atomic E-state index is 6.15. The van der Waals surface area contributed by atoms with E-state index in [2.05, 4.69) is 36.9 Å². The van der Waals surface area contributed by atoms with Gasteiger partial charge in [0.2, 0.25) is 0 Å². The van der Waals surface area contributed by atoms with Gasteiger partial charge in [-0.05, 0) is 12.8 Å². The second kappa shape index (κ2) is 5.73. The number of hydrogen-bond donors (Lipinski definition) is 1. The summed E-state index contributed by atoms with van der Waals surface area (Å²) in [5, 5.41) is 0. The van der Waals surface area contributed by atoms with Gasteiger partial charge in [0.15, 0.2) is 0 Å². The average molecular weight is 221 g/mol. The minimum Gasteiger partial charge on any atom is -0.384 e. The summed E-state index contributed by atoms with van der Waals surface area (Å²) in [6.45, 7) is 11.0. The third-order valence-corrected chi connectivity index (χ3v) is 2.98. The predicted molar refractivity (Wildman–Crippen MR) is 69.5 cm³/mol. The number of aryl methyl sites for hydroxylation is 1. The van der Waals surface area contributed by atoms with Crippen molar-refractivity contribution >= 4 is 5.82 Å². The number of aromatic nitrogens is 2. The predicted octanol–water partition coefficient (Wildman–Crippen LogP) is 3.12. The van der Waals surface area contributed by atoms with Gasteiger partial charge in [-0.15, -0.1) is 6.58 Å². The fourth-order valence-electron chi connectivity index (χ4n) is 1.84. The first-order chi connectivity index (χ1) is 7.65. The van der Waals surface area contributed by atoms with Crippen LogP contribution in [0.3, 0.4) is 0 Å². The van der Waals surface area contributed by atoms with Crippen LogP contribution in [0.15, 0.2) is 12.7 Å². The number of rotatable bonds is 6. The number of anilines is 1.